The molecule has 35 heavy (non-hydrogen) atoms. The third-order valence-electron chi connectivity index (χ3n) is 6.39. The number of hydrogen-bond donors (Lipinski definition) is 0. The van der Waals surface area contributed by atoms with E-state index in [1.165, 1.54) is 22.3 Å². The van der Waals surface area contributed by atoms with Crippen molar-refractivity contribution in [3.63, 3.8) is 0 Å². The molecule has 4 aromatic rings. The Morgan fingerprint density at radius 2 is 0.686 bits per heavy atom. The van der Waals surface area contributed by atoms with Crippen molar-refractivity contribution in [2.24, 2.45) is 0 Å². The van der Waals surface area contributed by atoms with Crippen LogP contribution in [-0.2, 0) is 20.8 Å². The Morgan fingerprint density at radius 1 is 0.400 bits per heavy atom. The van der Waals surface area contributed by atoms with Gasteiger partial charge in [0.2, 0.25) is 0 Å². The summed E-state index contributed by atoms with van der Waals surface area (Å²) in [7, 11) is 5.16. The second kappa shape index (κ2) is 12.0. The summed E-state index contributed by atoms with van der Waals surface area (Å²) in [6.07, 6.45) is 0. The average Bonchev–Trinajstić information content (AvgIpc) is 2.90. The molecule has 0 N–H and O–H groups in total. The van der Waals surface area contributed by atoms with Crippen molar-refractivity contribution in [2.45, 2.75) is 20.8 Å². The summed E-state index contributed by atoms with van der Waals surface area (Å²) in [4.78, 5) is 0. The van der Waals surface area contributed by atoms with Crippen molar-refractivity contribution >= 4 is 13.6 Å². The van der Waals surface area contributed by atoms with E-state index in [1.54, 1.807) is 21.3 Å². The molecule has 0 spiro atoms. The van der Waals surface area contributed by atoms with E-state index >= 15 is 0 Å². The molecule has 0 saturated heterocycles. The fourth-order valence-electron chi connectivity index (χ4n) is 4.66. The number of rotatable bonds is 11. The molecule has 4 aromatic carbocycles. The van der Waals surface area contributed by atoms with E-state index in [-0.39, 0.29) is 0 Å². The van der Waals surface area contributed by atoms with Crippen LogP contribution in [0.3, 0.4) is 0 Å². The first-order valence-electron chi connectivity index (χ1n) is 11.9. The first-order valence-corrected chi connectivity index (χ1v) is 17.2. The fourth-order valence-corrected chi connectivity index (χ4v) is 14.3. The number of benzene rings is 4. The monoisotopic (exact) mass is 529 g/mol. The van der Waals surface area contributed by atoms with Gasteiger partial charge in [0.15, 0.2) is 0 Å². The molecule has 0 amide bonds. The molecule has 0 unspecified atom stereocenters. The Hall–Kier alpha value is -3.16. The van der Waals surface area contributed by atoms with E-state index in [9.17, 15) is 0 Å². The standard InChI is InChI=1S/C31H34AsO3/c1-33-29-15-9-26(10-16-29)22-32(21-25-7-5-4-6-8-25,23-27-11-17-30(34-2)18-12-27)24-28-13-19-31(35-3)20-14-28/h4-20H,21-24H2,1-3H3. The van der Waals surface area contributed by atoms with Crippen molar-refractivity contribution in [1.82, 2.24) is 0 Å². The quantitative estimate of drug-likeness (QED) is 0.205. The second-order valence-corrected chi connectivity index (χ2v) is 17.3. The second-order valence-electron chi connectivity index (χ2n) is 9.00. The molecule has 0 aliphatic carbocycles. The first-order chi connectivity index (χ1) is 17.1. The van der Waals surface area contributed by atoms with Crippen LogP contribution in [0.4, 0.5) is 0 Å². The van der Waals surface area contributed by atoms with E-state index in [4.69, 9.17) is 14.2 Å². The van der Waals surface area contributed by atoms with Crippen LogP contribution in [0.25, 0.3) is 0 Å². The van der Waals surface area contributed by atoms with Gasteiger partial charge in [-0.25, -0.2) is 0 Å². The minimum absolute atomic E-state index is 0.901. The molecule has 0 aromatic heterocycles. The summed E-state index contributed by atoms with van der Waals surface area (Å²) in [6, 6.07) is 36.9. The van der Waals surface area contributed by atoms with Gasteiger partial charge in [-0.05, 0) is 0 Å². The van der Waals surface area contributed by atoms with Gasteiger partial charge in [-0.3, -0.25) is 0 Å². The predicted molar refractivity (Wildman–Crippen MR) is 146 cm³/mol. The SMILES string of the molecule is COc1ccc(C[As](Cc2ccccc2)(Cc2ccc(OC)cc2)Cc2ccc(OC)cc2)cc1. The van der Waals surface area contributed by atoms with Gasteiger partial charge in [-0.2, -0.15) is 0 Å². The molecule has 0 atom stereocenters. The van der Waals surface area contributed by atoms with Crippen LogP contribution in [0.15, 0.2) is 103 Å². The zero-order valence-corrected chi connectivity index (χ0v) is 22.7. The van der Waals surface area contributed by atoms with Crippen LogP contribution in [0.5, 0.6) is 17.2 Å². The molecule has 1 radical (unpaired) electrons. The Kier molecular flexibility index (Phi) is 8.55. The molecule has 0 heterocycles. The van der Waals surface area contributed by atoms with Crippen molar-refractivity contribution in [2.75, 3.05) is 21.3 Å². The zero-order chi connectivity index (χ0) is 24.5. The summed E-state index contributed by atoms with van der Waals surface area (Å²) < 4.78 is 16.3. The molecule has 0 fully saturated rings. The van der Waals surface area contributed by atoms with Crippen molar-refractivity contribution in [3.05, 3.63) is 125 Å². The molecule has 181 valence electrons. The molecule has 0 bridgehead atoms. The van der Waals surface area contributed by atoms with E-state index < -0.39 is 13.6 Å². The molecule has 4 heteroatoms. The van der Waals surface area contributed by atoms with Gasteiger partial charge in [0.05, 0.1) is 0 Å². The first kappa shape index (κ1) is 24.9. The third kappa shape index (κ3) is 6.93. The molecular weight excluding hydrogens is 495 g/mol. The van der Waals surface area contributed by atoms with E-state index in [2.05, 4.69) is 103 Å². The van der Waals surface area contributed by atoms with Gasteiger partial charge in [-0.1, -0.05) is 0 Å². The summed E-state index contributed by atoms with van der Waals surface area (Å²) in [5, 5.41) is 4.50. The van der Waals surface area contributed by atoms with Crippen LogP contribution in [0.1, 0.15) is 22.3 Å². The molecule has 3 nitrogen and oxygen atoms in total. The number of methoxy groups -OCH3 is 3. The van der Waals surface area contributed by atoms with Crippen LogP contribution in [0, 0.1) is 0 Å². The van der Waals surface area contributed by atoms with Gasteiger partial charge in [0.25, 0.3) is 0 Å². The summed E-state index contributed by atoms with van der Waals surface area (Å²) in [5.74, 6) is 2.70. The van der Waals surface area contributed by atoms with E-state index in [0.29, 0.717) is 0 Å². The Morgan fingerprint density at radius 3 is 0.971 bits per heavy atom. The number of ether oxygens (including phenoxy) is 3. The maximum atomic E-state index is 5.42. The molecule has 0 aliphatic heterocycles. The van der Waals surface area contributed by atoms with Gasteiger partial charge >= 0.3 is 213 Å². The Balaban J connectivity index is 1.75. The van der Waals surface area contributed by atoms with Gasteiger partial charge in [0.1, 0.15) is 0 Å². The summed E-state index contributed by atoms with van der Waals surface area (Å²) in [5.41, 5.74) is 5.58. The van der Waals surface area contributed by atoms with Gasteiger partial charge in [0, 0.05) is 0 Å². The van der Waals surface area contributed by atoms with E-state index in [0.717, 1.165) is 38.1 Å². The molecule has 0 saturated carbocycles. The van der Waals surface area contributed by atoms with Crippen molar-refractivity contribution in [3.8, 4) is 17.2 Å². The average molecular weight is 530 g/mol. The zero-order valence-electron chi connectivity index (χ0n) is 20.8. The molecular formula is C31H34AsO3. The van der Waals surface area contributed by atoms with Crippen molar-refractivity contribution < 1.29 is 14.2 Å². The third-order valence-corrected chi connectivity index (χ3v) is 15.1. The Labute approximate surface area is 212 Å². The van der Waals surface area contributed by atoms with Gasteiger partial charge in [-0.15, -0.1) is 0 Å². The van der Waals surface area contributed by atoms with Crippen LogP contribution < -0.4 is 14.2 Å². The van der Waals surface area contributed by atoms with Crippen molar-refractivity contribution in [1.29, 1.82) is 0 Å². The molecule has 0 aliphatic rings. The summed E-state index contributed by atoms with van der Waals surface area (Å²) >= 11 is -2.42. The fraction of sp³-hybridized carbons (Fsp3) is 0.226. The summed E-state index contributed by atoms with van der Waals surface area (Å²) in [6.45, 7) is 0. The Bertz CT molecular complexity index is 1050. The number of hydrogen-bond acceptors (Lipinski definition) is 3. The maximum absolute atomic E-state index is 5.42. The van der Waals surface area contributed by atoms with Crippen LogP contribution >= 0.6 is 0 Å². The van der Waals surface area contributed by atoms with E-state index in [1.807, 2.05) is 0 Å². The molecule has 4 rings (SSSR count). The van der Waals surface area contributed by atoms with Crippen LogP contribution in [0.2, 0.25) is 0 Å². The predicted octanol–water partition coefficient (Wildman–Crippen LogP) is 6.59. The van der Waals surface area contributed by atoms with Crippen LogP contribution in [-0.4, -0.2) is 34.9 Å². The normalized spacial score (nSPS) is 11.2. The van der Waals surface area contributed by atoms with Gasteiger partial charge < -0.3 is 0 Å². The topological polar surface area (TPSA) is 27.7 Å². The minimum atomic E-state index is -2.42.